The van der Waals surface area contributed by atoms with Gasteiger partial charge in [-0.3, -0.25) is 15.0 Å². The second-order valence-corrected chi connectivity index (χ2v) is 13.0. The zero-order valence-corrected chi connectivity index (χ0v) is 30.7. The summed E-state index contributed by atoms with van der Waals surface area (Å²) in [6.07, 6.45) is 5.69. The maximum absolute atomic E-state index is 6.59. The number of hydrogen-bond donors (Lipinski definition) is 0. The quantitative estimate of drug-likeness (QED) is 0.127. The first-order valence-corrected chi connectivity index (χ1v) is 17.4. The van der Waals surface area contributed by atoms with E-state index in [9.17, 15) is 0 Å². The Morgan fingerprint density at radius 1 is 0.500 bits per heavy atom. The van der Waals surface area contributed by atoms with Crippen molar-refractivity contribution < 1.29 is 25.8 Å². The second kappa shape index (κ2) is 12.8. The zero-order valence-electron chi connectivity index (χ0n) is 28.4. The van der Waals surface area contributed by atoms with Crippen LogP contribution in [-0.2, 0) is 21.1 Å². The topological polar surface area (TPSA) is 69.6 Å². The van der Waals surface area contributed by atoms with Crippen LogP contribution in [0.25, 0.3) is 88.7 Å². The molecule has 0 fully saturated rings. The molecule has 6 heterocycles. The maximum atomic E-state index is 6.59. The van der Waals surface area contributed by atoms with Crippen molar-refractivity contribution in [3.63, 3.8) is 0 Å². The minimum Gasteiger partial charge on any atom is -0.497 e. The molecule has 7 nitrogen and oxygen atoms in total. The van der Waals surface area contributed by atoms with Crippen LogP contribution in [0.2, 0.25) is 0 Å². The zero-order chi connectivity index (χ0) is 34.9. The second-order valence-electron chi connectivity index (χ2n) is 13.0. The molecule has 0 aliphatic rings. The molecule has 0 unspecified atom stereocenters. The van der Waals surface area contributed by atoms with Crippen molar-refractivity contribution >= 4 is 54.9 Å². The van der Waals surface area contributed by atoms with Gasteiger partial charge in [-0.1, -0.05) is 143 Å². The molecule has 256 valence electrons. The van der Waals surface area contributed by atoms with Crippen molar-refractivity contribution in [3.05, 3.63) is 170 Å². The van der Waals surface area contributed by atoms with Crippen molar-refractivity contribution in [1.29, 1.82) is 0 Å². The van der Waals surface area contributed by atoms with Crippen LogP contribution in [0.3, 0.4) is 0 Å². The summed E-state index contributed by atoms with van der Waals surface area (Å²) in [5.74, 6) is 1.10. The Morgan fingerprint density at radius 2 is 1.13 bits per heavy atom. The molecule has 54 heavy (non-hydrogen) atoms. The van der Waals surface area contributed by atoms with Gasteiger partial charge in [-0.05, 0) is 29.1 Å². The predicted molar refractivity (Wildman–Crippen MR) is 210 cm³/mol. The third kappa shape index (κ3) is 5.01. The first-order chi connectivity index (χ1) is 26.3. The van der Waals surface area contributed by atoms with Crippen LogP contribution < -0.4 is 4.74 Å². The number of ether oxygens (including phenoxy) is 1. The molecule has 11 aromatic rings. The van der Waals surface area contributed by atoms with E-state index in [0.29, 0.717) is 11.5 Å². The third-order valence-corrected chi connectivity index (χ3v) is 9.84. The summed E-state index contributed by atoms with van der Waals surface area (Å²) in [6.45, 7) is 0. The van der Waals surface area contributed by atoms with Crippen LogP contribution in [0.15, 0.2) is 158 Å². The van der Waals surface area contributed by atoms with E-state index in [1.807, 2.05) is 89.7 Å². The summed E-state index contributed by atoms with van der Waals surface area (Å²) in [5.41, 5.74) is 10.1. The molecule has 0 bridgehead atoms. The van der Waals surface area contributed by atoms with E-state index >= 15 is 0 Å². The molecule has 0 saturated carbocycles. The first kappa shape index (κ1) is 32.0. The maximum Gasteiger partial charge on any atom is 2.00 e. The van der Waals surface area contributed by atoms with Gasteiger partial charge in [0.25, 0.3) is 0 Å². The molecule has 0 saturated heterocycles. The minimum absolute atomic E-state index is 0. The first-order valence-electron chi connectivity index (χ1n) is 17.4. The van der Waals surface area contributed by atoms with Crippen LogP contribution in [-0.4, -0.2) is 28.7 Å². The molecule has 8 heteroatoms. The number of pyridine rings is 4. The van der Waals surface area contributed by atoms with E-state index in [-0.39, 0.29) is 21.1 Å². The van der Waals surface area contributed by atoms with E-state index in [0.717, 1.165) is 88.7 Å². The molecule has 0 amide bonds. The van der Waals surface area contributed by atoms with Gasteiger partial charge in [0.05, 0.1) is 39.4 Å². The fourth-order valence-corrected chi connectivity index (χ4v) is 7.49. The predicted octanol–water partition coefficient (Wildman–Crippen LogP) is 10.8. The Kier molecular flexibility index (Phi) is 7.56. The molecule has 5 aromatic carbocycles. The molecular formula is C46H26N6OPt. The molecule has 0 N–H and O–H groups in total. The number of imidazole rings is 2. The molecule has 11 rings (SSSR count). The summed E-state index contributed by atoms with van der Waals surface area (Å²) >= 11 is 0. The fourth-order valence-electron chi connectivity index (χ4n) is 7.49. The summed E-state index contributed by atoms with van der Waals surface area (Å²) in [6, 6.07) is 54.2. The normalized spacial score (nSPS) is 11.6. The van der Waals surface area contributed by atoms with E-state index in [2.05, 4.69) is 89.3 Å². The Hall–Kier alpha value is -6.69. The molecule has 0 spiro atoms. The molecule has 6 aromatic heterocycles. The van der Waals surface area contributed by atoms with Gasteiger partial charge in [0, 0.05) is 41.2 Å². The third-order valence-electron chi connectivity index (χ3n) is 9.84. The Morgan fingerprint density at radius 3 is 1.87 bits per heavy atom. The molecule has 0 radical (unpaired) electrons. The Balaban J connectivity index is 0.00000361. The van der Waals surface area contributed by atoms with Crippen molar-refractivity contribution in [2.24, 2.45) is 0 Å². The average molecular weight is 874 g/mol. The summed E-state index contributed by atoms with van der Waals surface area (Å²) in [7, 11) is 0. The largest absolute Gasteiger partial charge is 2.00 e. The van der Waals surface area contributed by atoms with Gasteiger partial charge < -0.3 is 13.5 Å². The Bertz CT molecular complexity index is 3200. The number of aromatic nitrogens is 6. The van der Waals surface area contributed by atoms with E-state index in [4.69, 9.17) is 24.7 Å². The van der Waals surface area contributed by atoms with Crippen LogP contribution in [0, 0.1) is 12.1 Å². The number of rotatable bonds is 5. The number of hydrogen-bond acceptors (Lipinski definition) is 5. The van der Waals surface area contributed by atoms with Crippen LogP contribution in [0.5, 0.6) is 11.5 Å². The van der Waals surface area contributed by atoms with Crippen LogP contribution >= 0.6 is 0 Å². The van der Waals surface area contributed by atoms with Crippen LogP contribution in [0.4, 0.5) is 0 Å². The van der Waals surface area contributed by atoms with E-state index < -0.39 is 0 Å². The summed E-state index contributed by atoms with van der Waals surface area (Å²) in [5, 5.41) is 4.61. The average Bonchev–Trinajstić information content (AvgIpc) is 3.87. The SMILES string of the molecule is [Pt+2].[c-]1c(Oc2[c-]c3c(cc2)c2ncccc2n2c(-c4ccccc4)c(-c4ccccc4)nc32)ccc2c1c1nc(-c3ccccc3)cn1c1ncccc21. The van der Waals surface area contributed by atoms with Crippen molar-refractivity contribution in [1.82, 2.24) is 28.7 Å². The summed E-state index contributed by atoms with van der Waals surface area (Å²) in [4.78, 5) is 20.0. The van der Waals surface area contributed by atoms with Gasteiger partial charge in [0.15, 0.2) is 0 Å². The molecule has 0 atom stereocenters. The smallest absolute Gasteiger partial charge is 0.497 e. The van der Waals surface area contributed by atoms with Gasteiger partial charge in [-0.25, -0.2) is 4.98 Å². The van der Waals surface area contributed by atoms with Gasteiger partial charge >= 0.3 is 21.1 Å². The van der Waals surface area contributed by atoms with Gasteiger partial charge in [0.1, 0.15) is 5.65 Å². The van der Waals surface area contributed by atoms with Gasteiger partial charge in [0.2, 0.25) is 0 Å². The van der Waals surface area contributed by atoms with Crippen molar-refractivity contribution in [2.75, 3.05) is 0 Å². The van der Waals surface area contributed by atoms with E-state index in [1.54, 1.807) is 0 Å². The van der Waals surface area contributed by atoms with Crippen molar-refractivity contribution in [3.8, 4) is 45.3 Å². The number of fused-ring (bicyclic) bond motifs is 12. The minimum atomic E-state index is 0. The van der Waals surface area contributed by atoms with Gasteiger partial charge in [-0.15, -0.1) is 12.1 Å². The molecule has 0 aliphatic carbocycles. The summed E-state index contributed by atoms with van der Waals surface area (Å²) < 4.78 is 10.9. The monoisotopic (exact) mass is 873 g/mol. The molecule has 0 aliphatic heterocycles. The number of nitrogens with zero attached hydrogens (tertiary/aromatic N) is 6. The van der Waals surface area contributed by atoms with E-state index in [1.165, 1.54) is 0 Å². The van der Waals surface area contributed by atoms with Crippen molar-refractivity contribution in [2.45, 2.75) is 0 Å². The van der Waals surface area contributed by atoms with Crippen LogP contribution in [0.1, 0.15) is 0 Å². The van der Waals surface area contributed by atoms with Gasteiger partial charge in [-0.2, -0.15) is 0 Å². The number of benzene rings is 5. The molecular weight excluding hydrogens is 848 g/mol. The standard InChI is InChI=1S/C46H26N6O.Pt/c1-4-12-29(13-5-1)39-28-51-44-36(18-10-25-48-44)34-22-20-32(26-37(34)45(51)49-39)53-33-21-23-35-38(27-33)46-50-41(30-14-6-2-7-15-30)43(31-16-8-3-9-17-31)52(46)40-19-11-24-47-42(35)40;/h1-25,28H;/q-2;+2. The fraction of sp³-hybridized carbons (Fsp3) is 0. The Labute approximate surface area is 323 Å².